The van der Waals surface area contributed by atoms with Gasteiger partial charge in [0.2, 0.25) is 0 Å². The summed E-state index contributed by atoms with van der Waals surface area (Å²) >= 11 is 0. The molecule has 1 aromatic rings. The molecule has 1 fully saturated rings. The lowest BCUT2D eigenvalue weighted by molar-refractivity contribution is -0.151. The maximum Gasteiger partial charge on any atom is 0.316 e. The van der Waals surface area contributed by atoms with Crippen molar-refractivity contribution in [3.63, 3.8) is 0 Å². The van der Waals surface area contributed by atoms with Gasteiger partial charge in [-0.1, -0.05) is 12.1 Å². The van der Waals surface area contributed by atoms with Gasteiger partial charge in [0.15, 0.2) is 0 Å². The van der Waals surface area contributed by atoms with Gasteiger partial charge >= 0.3 is 5.97 Å². The predicted octanol–water partition coefficient (Wildman–Crippen LogP) is 2.81. The van der Waals surface area contributed by atoms with Gasteiger partial charge < -0.3 is 10.5 Å². The Morgan fingerprint density at radius 3 is 2.50 bits per heavy atom. The Labute approximate surface area is 106 Å². The Hall–Kier alpha value is -1.58. The summed E-state index contributed by atoms with van der Waals surface area (Å²) in [4.78, 5) is 11.9. The standard InChI is InChI=1S/C14H18FNO2/c15-9-13(10-5-7-11(16)8-6-10)14(17)18-12-3-1-2-4-12/h5-8,12-13H,1-4,9,16H2. The van der Waals surface area contributed by atoms with Crippen molar-refractivity contribution >= 4 is 11.7 Å². The molecule has 4 heteroatoms. The number of rotatable bonds is 4. The topological polar surface area (TPSA) is 52.3 Å². The number of alkyl halides is 1. The summed E-state index contributed by atoms with van der Waals surface area (Å²) in [6.45, 7) is -0.741. The van der Waals surface area contributed by atoms with Gasteiger partial charge in [-0.2, -0.15) is 0 Å². The fourth-order valence-corrected chi connectivity index (χ4v) is 2.27. The van der Waals surface area contributed by atoms with Crippen LogP contribution in [0.3, 0.4) is 0 Å². The number of esters is 1. The zero-order valence-electron chi connectivity index (χ0n) is 10.3. The molecule has 1 saturated carbocycles. The molecule has 0 spiro atoms. The molecule has 2 N–H and O–H groups in total. The van der Waals surface area contributed by atoms with Crippen LogP contribution in [0.1, 0.15) is 37.2 Å². The fraction of sp³-hybridized carbons (Fsp3) is 0.500. The van der Waals surface area contributed by atoms with Gasteiger partial charge in [0, 0.05) is 5.69 Å². The molecular formula is C14H18FNO2. The first-order valence-electron chi connectivity index (χ1n) is 6.32. The van der Waals surface area contributed by atoms with E-state index in [0.717, 1.165) is 25.7 Å². The van der Waals surface area contributed by atoms with Crippen molar-refractivity contribution in [3.05, 3.63) is 29.8 Å². The van der Waals surface area contributed by atoms with Crippen LogP contribution in [-0.2, 0) is 9.53 Å². The third-order valence-electron chi connectivity index (χ3n) is 3.36. The van der Waals surface area contributed by atoms with Crippen LogP contribution >= 0.6 is 0 Å². The molecular weight excluding hydrogens is 233 g/mol. The highest BCUT2D eigenvalue weighted by atomic mass is 19.1. The summed E-state index contributed by atoms with van der Waals surface area (Å²) in [5.74, 6) is -1.29. The van der Waals surface area contributed by atoms with E-state index in [2.05, 4.69) is 0 Å². The quantitative estimate of drug-likeness (QED) is 0.661. The average molecular weight is 251 g/mol. The van der Waals surface area contributed by atoms with Crippen molar-refractivity contribution in [2.75, 3.05) is 12.4 Å². The molecule has 1 aliphatic rings. The number of carbonyl (C=O) groups excluding carboxylic acids is 1. The smallest absolute Gasteiger partial charge is 0.316 e. The molecule has 0 saturated heterocycles. The van der Waals surface area contributed by atoms with Crippen LogP contribution in [0.2, 0.25) is 0 Å². The van der Waals surface area contributed by atoms with Gasteiger partial charge in [0.1, 0.15) is 18.7 Å². The van der Waals surface area contributed by atoms with Gasteiger partial charge in [-0.3, -0.25) is 4.79 Å². The van der Waals surface area contributed by atoms with E-state index in [1.807, 2.05) is 0 Å². The van der Waals surface area contributed by atoms with Crippen LogP contribution in [0.4, 0.5) is 10.1 Å². The van der Waals surface area contributed by atoms with Crippen molar-refractivity contribution < 1.29 is 13.9 Å². The lowest BCUT2D eigenvalue weighted by Crippen LogP contribution is -2.22. The average Bonchev–Trinajstić information content (AvgIpc) is 2.85. The second kappa shape index (κ2) is 5.85. The molecule has 0 aliphatic heterocycles. The van der Waals surface area contributed by atoms with E-state index in [1.54, 1.807) is 24.3 Å². The number of nitrogens with two attached hydrogens (primary N) is 1. The third-order valence-corrected chi connectivity index (χ3v) is 3.36. The Bertz CT molecular complexity index is 399. The van der Waals surface area contributed by atoms with Gasteiger partial charge in [0.25, 0.3) is 0 Å². The Morgan fingerprint density at radius 2 is 1.94 bits per heavy atom. The van der Waals surface area contributed by atoms with Gasteiger partial charge in [0.05, 0.1) is 0 Å². The van der Waals surface area contributed by atoms with E-state index in [4.69, 9.17) is 10.5 Å². The third kappa shape index (κ3) is 3.00. The largest absolute Gasteiger partial charge is 0.462 e. The molecule has 1 aliphatic carbocycles. The fourth-order valence-electron chi connectivity index (χ4n) is 2.27. The molecule has 0 amide bonds. The highest BCUT2D eigenvalue weighted by Gasteiger charge is 2.26. The first kappa shape index (κ1) is 12.9. The maximum atomic E-state index is 13.0. The highest BCUT2D eigenvalue weighted by Crippen LogP contribution is 2.25. The van der Waals surface area contributed by atoms with E-state index in [-0.39, 0.29) is 6.10 Å². The first-order chi connectivity index (χ1) is 8.70. The monoisotopic (exact) mass is 251 g/mol. The van der Waals surface area contributed by atoms with E-state index in [0.29, 0.717) is 11.3 Å². The molecule has 1 atom stereocenters. The molecule has 0 aromatic heterocycles. The van der Waals surface area contributed by atoms with Gasteiger partial charge in [-0.15, -0.1) is 0 Å². The Kier molecular flexibility index (Phi) is 4.18. The molecule has 1 unspecified atom stereocenters. The number of hydrogen-bond acceptors (Lipinski definition) is 3. The predicted molar refractivity (Wildman–Crippen MR) is 67.9 cm³/mol. The lowest BCUT2D eigenvalue weighted by atomic mass is 10.0. The summed E-state index contributed by atoms with van der Waals surface area (Å²) in [6, 6.07) is 6.69. The Morgan fingerprint density at radius 1 is 1.33 bits per heavy atom. The van der Waals surface area contributed by atoms with Crippen LogP contribution in [0, 0.1) is 0 Å². The van der Waals surface area contributed by atoms with Crippen LogP contribution in [0.15, 0.2) is 24.3 Å². The van der Waals surface area contributed by atoms with E-state index in [9.17, 15) is 9.18 Å². The lowest BCUT2D eigenvalue weighted by Gasteiger charge is -2.17. The number of anilines is 1. The van der Waals surface area contributed by atoms with E-state index < -0.39 is 18.6 Å². The molecule has 1 aromatic carbocycles. The summed E-state index contributed by atoms with van der Waals surface area (Å²) in [5, 5.41) is 0. The summed E-state index contributed by atoms with van der Waals surface area (Å²) < 4.78 is 18.4. The number of halogens is 1. The normalized spacial score (nSPS) is 17.6. The summed E-state index contributed by atoms with van der Waals surface area (Å²) in [7, 11) is 0. The van der Waals surface area contributed by atoms with Gasteiger partial charge in [-0.05, 0) is 43.4 Å². The maximum absolute atomic E-state index is 13.0. The molecule has 18 heavy (non-hydrogen) atoms. The van der Waals surface area contributed by atoms with Crippen molar-refractivity contribution in [2.24, 2.45) is 0 Å². The number of ether oxygens (including phenoxy) is 1. The van der Waals surface area contributed by atoms with Crippen LogP contribution in [0.5, 0.6) is 0 Å². The van der Waals surface area contributed by atoms with E-state index >= 15 is 0 Å². The molecule has 2 rings (SSSR count). The zero-order chi connectivity index (χ0) is 13.0. The van der Waals surface area contributed by atoms with E-state index in [1.165, 1.54) is 0 Å². The summed E-state index contributed by atoms with van der Waals surface area (Å²) in [5.41, 5.74) is 6.78. The summed E-state index contributed by atoms with van der Waals surface area (Å²) in [6.07, 6.45) is 3.93. The zero-order valence-corrected chi connectivity index (χ0v) is 10.3. The van der Waals surface area contributed by atoms with Crippen LogP contribution in [-0.4, -0.2) is 18.7 Å². The van der Waals surface area contributed by atoms with Crippen molar-refractivity contribution in [1.29, 1.82) is 0 Å². The highest BCUT2D eigenvalue weighted by molar-refractivity contribution is 5.78. The van der Waals surface area contributed by atoms with Gasteiger partial charge in [-0.25, -0.2) is 4.39 Å². The minimum Gasteiger partial charge on any atom is -0.462 e. The Balaban J connectivity index is 2.02. The number of nitrogen functional groups attached to an aromatic ring is 1. The number of benzene rings is 1. The molecule has 98 valence electrons. The first-order valence-corrected chi connectivity index (χ1v) is 6.32. The van der Waals surface area contributed by atoms with Crippen LogP contribution in [0.25, 0.3) is 0 Å². The minimum atomic E-state index is -0.828. The van der Waals surface area contributed by atoms with Crippen molar-refractivity contribution in [2.45, 2.75) is 37.7 Å². The second-order valence-electron chi connectivity index (χ2n) is 4.72. The molecule has 3 nitrogen and oxygen atoms in total. The number of carbonyl (C=O) groups is 1. The molecule has 0 heterocycles. The van der Waals surface area contributed by atoms with Crippen LogP contribution < -0.4 is 5.73 Å². The SMILES string of the molecule is Nc1ccc(C(CF)C(=O)OC2CCCC2)cc1. The second-order valence-corrected chi connectivity index (χ2v) is 4.72. The molecule has 0 bridgehead atoms. The number of hydrogen-bond donors (Lipinski definition) is 1. The van der Waals surface area contributed by atoms with Crippen molar-refractivity contribution in [1.82, 2.24) is 0 Å². The minimum absolute atomic E-state index is 0.0275. The molecule has 0 radical (unpaired) electrons. The van der Waals surface area contributed by atoms with Crippen molar-refractivity contribution in [3.8, 4) is 0 Å².